The Morgan fingerprint density at radius 3 is 2.41 bits per heavy atom. The van der Waals surface area contributed by atoms with E-state index in [0.717, 1.165) is 29.1 Å². The van der Waals surface area contributed by atoms with Crippen LogP contribution in [0.4, 0.5) is 8.78 Å². The summed E-state index contributed by atoms with van der Waals surface area (Å²) in [5.74, 6) is -1.47. The van der Waals surface area contributed by atoms with Gasteiger partial charge < -0.3 is 14.5 Å². The van der Waals surface area contributed by atoms with Gasteiger partial charge in [0.2, 0.25) is 5.91 Å². The number of amides is 2. The summed E-state index contributed by atoms with van der Waals surface area (Å²) in [6.45, 7) is 6.18. The van der Waals surface area contributed by atoms with Crippen LogP contribution >= 0.6 is 11.3 Å². The molecule has 9 heteroatoms. The summed E-state index contributed by atoms with van der Waals surface area (Å²) in [5.41, 5.74) is 2.08. The highest BCUT2D eigenvalue weighted by Crippen LogP contribution is 2.20. The zero-order valence-corrected chi connectivity index (χ0v) is 21.7. The molecule has 2 amide bonds. The van der Waals surface area contributed by atoms with Crippen LogP contribution in [0.2, 0.25) is 0 Å². The van der Waals surface area contributed by atoms with Crippen LogP contribution in [0.3, 0.4) is 0 Å². The number of benzene rings is 2. The van der Waals surface area contributed by atoms with E-state index in [9.17, 15) is 18.4 Å². The van der Waals surface area contributed by atoms with Gasteiger partial charge in [0.1, 0.15) is 18.2 Å². The molecule has 0 atom stereocenters. The Hall–Kier alpha value is -3.14. The molecule has 2 aromatic carbocycles. The van der Waals surface area contributed by atoms with Gasteiger partial charge in [0.15, 0.2) is 0 Å². The van der Waals surface area contributed by atoms with E-state index in [1.54, 1.807) is 34.4 Å². The number of rotatable bonds is 10. The van der Waals surface area contributed by atoms with Crippen LogP contribution < -0.4 is 0 Å². The van der Waals surface area contributed by atoms with Crippen molar-refractivity contribution in [1.29, 1.82) is 0 Å². The zero-order chi connectivity index (χ0) is 26.2. The highest BCUT2D eigenvalue weighted by atomic mass is 32.1. The summed E-state index contributed by atoms with van der Waals surface area (Å²) in [5, 5.41) is 1.98. The fraction of sp³-hybridized carbons (Fsp3) is 0.357. The molecule has 2 heterocycles. The third kappa shape index (κ3) is 7.67. The van der Waals surface area contributed by atoms with E-state index in [0.29, 0.717) is 32.8 Å². The van der Waals surface area contributed by atoms with E-state index in [4.69, 9.17) is 4.74 Å². The minimum atomic E-state index is -0.503. The van der Waals surface area contributed by atoms with Gasteiger partial charge in [-0.15, -0.1) is 11.3 Å². The van der Waals surface area contributed by atoms with Gasteiger partial charge in [0.25, 0.3) is 5.91 Å². The summed E-state index contributed by atoms with van der Waals surface area (Å²) in [6, 6.07) is 13.6. The summed E-state index contributed by atoms with van der Waals surface area (Å²) < 4.78 is 32.8. The molecule has 4 rings (SSSR count). The highest BCUT2D eigenvalue weighted by molar-refractivity contribution is 7.10. The largest absolute Gasteiger partial charge is 0.379 e. The lowest BCUT2D eigenvalue weighted by atomic mass is 10.1. The van der Waals surface area contributed by atoms with E-state index >= 15 is 0 Å². The van der Waals surface area contributed by atoms with Crippen molar-refractivity contribution in [1.82, 2.24) is 14.7 Å². The van der Waals surface area contributed by atoms with Crippen molar-refractivity contribution < 1.29 is 23.1 Å². The van der Waals surface area contributed by atoms with Gasteiger partial charge in [-0.05, 0) is 59.8 Å². The van der Waals surface area contributed by atoms with Gasteiger partial charge in [-0.2, -0.15) is 0 Å². The van der Waals surface area contributed by atoms with Crippen molar-refractivity contribution in [2.45, 2.75) is 20.0 Å². The Balaban J connectivity index is 1.54. The second-order valence-corrected chi connectivity index (χ2v) is 10.1. The van der Waals surface area contributed by atoms with Crippen LogP contribution in [0.15, 0.2) is 60.0 Å². The lowest BCUT2D eigenvalue weighted by Crippen LogP contribution is -2.47. The minimum Gasteiger partial charge on any atom is -0.379 e. The number of ether oxygens (including phenoxy) is 1. The maximum absolute atomic E-state index is 13.9. The lowest BCUT2D eigenvalue weighted by Gasteiger charge is -2.31. The Bertz CT molecular complexity index is 1200. The molecule has 0 N–H and O–H groups in total. The number of thiophene rings is 1. The normalized spacial score (nSPS) is 13.9. The molecule has 0 radical (unpaired) electrons. The summed E-state index contributed by atoms with van der Waals surface area (Å²) in [4.78, 5) is 33.5. The Morgan fingerprint density at radius 2 is 1.73 bits per heavy atom. The van der Waals surface area contributed by atoms with Gasteiger partial charge in [-0.3, -0.25) is 14.5 Å². The molecule has 0 aliphatic carbocycles. The topological polar surface area (TPSA) is 53.1 Å². The molecular weight excluding hydrogens is 496 g/mol. The first-order valence-electron chi connectivity index (χ1n) is 12.3. The Kier molecular flexibility index (Phi) is 9.38. The number of morpholine rings is 1. The Labute approximate surface area is 220 Å². The maximum Gasteiger partial charge on any atom is 0.254 e. The number of hydrogen-bond acceptors (Lipinski definition) is 5. The van der Waals surface area contributed by atoms with E-state index in [2.05, 4.69) is 4.90 Å². The van der Waals surface area contributed by atoms with Gasteiger partial charge in [0, 0.05) is 43.2 Å². The molecule has 6 nitrogen and oxygen atoms in total. The second kappa shape index (κ2) is 12.9. The lowest BCUT2D eigenvalue weighted by molar-refractivity contribution is -0.133. The van der Waals surface area contributed by atoms with Gasteiger partial charge in [0.05, 0.1) is 19.8 Å². The van der Waals surface area contributed by atoms with E-state index < -0.39 is 11.7 Å². The molecule has 0 spiro atoms. The van der Waals surface area contributed by atoms with Gasteiger partial charge in [-0.1, -0.05) is 18.2 Å². The van der Waals surface area contributed by atoms with E-state index in [1.165, 1.54) is 35.2 Å². The molecular formula is C28H31F2N3O3S. The first-order valence-corrected chi connectivity index (χ1v) is 13.2. The number of nitrogens with zero attached hydrogens (tertiary/aromatic N) is 3. The first kappa shape index (κ1) is 26.9. The number of halogens is 2. The van der Waals surface area contributed by atoms with Crippen LogP contribution in [0.5, 0.6) is 0 Å². The van der Waals surface area contributed by atoms with Crippen LogP contribution in [0, 0.1) is 18.6 Å². The average Bonchev–Trinajstić information content (AvgIpc) is 3.31. The van der Waals surface area contributed by atoms with Crippen LogP contribution in [-0.4, -0.2) is 72.5 Å². The van der Waals surface area contributed by atoms with E-state index in [1.807, 2.05) is 18.4 Å². The van der Waals surface area contributed by atoms with Crippen LogP contribution in [-0.2, 0) is 22.6 Å². The first-order chi connectivity index (χ1) is 17.9. The summed E-state index contributed by atoms with van der Waals surface area (Å²) in [7, 11) is 0. The fourth-order valence-electron chi connectivity index (χ4n) is 4.19. The van der Waals surface area contributed by atoms with Crippen molar-refractivity contribution in [3.63, 3.8) is 0 Å². The SMILES string of the molecule is Cc1ccsc1CN(Cc1ccc(F)cc1)C(=O)CN(CCN1CCOCC1)C(=O)c1cccc(F)c1. The average molecular weight is 528 g/mol. The molecule has 37 heavy (non-hydrogen) atoms. The summed E-state index contributed by atoms with van der Waals surface area (Å²) >= 11 is 1.57. The molecule has 1 fully saturated rings. The maximum atomic E-state index is 13.9. The smallest absolute Gasteiger partial charge is 0.254 e. The third-order valence-electron chi connectivity index (χ3n) is 6.42. The fourth-order valence-corrected chi connectivity index (χ4v) is 5.11. The Morgan fingerprint density at radius 1 is 0.973 bits per heavy atom. The molecule has 1 aromatic heterocycles. The molecule has 0 unspecified atom stereocenters. The second-order valence-electron chi connectivity index (χ2n) is 9.09. The van der Waals surface area contributed by atoms with E-state index in [-0.39, 0.29) is 30.4 Å². The molecule has 3 aromatic rings. The van der Waals surface area contributed by atoms with Crippen molar-refractivity contribution in [3.05, 3.63) is 93.2 Å². The van der Waals surface area contributed by atoms with Gasteiger partial charge in [-0.25, -0.2) is 8.78 Å². The highest BCUT2D eigenvalue weighted by Gasteiger charge is 2.25. The molecule has 1 aliphatic rings. The van der Waals surface area contributed by atoms with Crippen molar-refractivity contribution >= 4 is 23.2 Å². The predicted octanol–water partition coefficient (Wildman–Crippen LogP) is 4.34. The molecule has 1 saturated heterocycles. The number of aryl methyl sites for hydroxylation is 1. The molecule has 1 aliphatic heterocycles. The third-order valence-corrected chi connectivity index (χ3v) is 7.42. The number of carbonyl (C=O) groups is 2. The van der Waals surface area contributed by atoms with Crippen molar-refractivity contribution in [2.75, 3.05) is 45.9 Å². The standard InChI is InChI=1S/C28H31F2N3O3S/c1-21-9-16-37-26(21)19-33(18-22-5-7-24(29)8-6-22)27(34)20-32(11-10-31-12-14-36-15-13-31)28(35)23-3-2-4-25(30)17-23/h2-9,16-17H,10-15,18-20H2,1H3. The molecule has 0 bridgehead atoms. The minimum absolute atomic E-state index is 0.148. The van der Waals surface area contributed by atoms with Crippen molar-refractivity contribution in [3.8, 4) is 0 Å². The predicted molar refractivity (Wildman–Crippen MR) is 139 cm³/mol. The quantitative estimate of drug-likeness (QED) is 0.394. The van der Waals surface area contributed by atoms with Crippen molar-refractivity contribution in [2.24, 2.45) is 0 Å². The van der Waals surface area contributed by atoms with Crippen LogP contribution in [0.1, 0.15) is 26.4 Å². The molecule has 0 saturated carbocycles. The summed E-state index contributed by atoms with van der Waals surface area (Å²) in [6.07, 6.45) is 0. The van der Waals surface area contributed by atoms with Gasteiger partial charge >= 0.3 is 0 Å². The molecule has 196 valence electrons. The van der Waals surface area contributed by atoms with Crippen LogP contribution in [0.25, 0.3) is 0 Å². The number of hydrogen-bond donors (Lipinski definition) is 0. The number of carbonyl (C=O) groups excluding carboxylic acids is 2. The zero-order valence-electron chi connectivity index (χ0n) is 20.9. The monoisotopic (exact) mass is 527 g/mol.